The summed E-state index contributed by atoms with van der Waals surface area (Å²) >= 11 is 0. The summed E-state index contributed by atoms with van der Waals surface area (Å²) in [5.41, 5.74) is 0.345. The Morgan fingerprint density at radius 2 is 1.88 bits per heavy atom. The maximum atomic E-state index is 13.5. The molecule has 0 saturated carbocycles. The van der Waals surface area contributed by atoms with E-state index < -0.39 is 23.2 Å². The van der Waals surface area contributed by atoms with Gasteiger partial charge in [-0.05, 0) is 23.8 Å². The summed E-state index contributed by atoms with van der Waals surface area (Å²) in [6, 6.07) is 6.90. The minimum Gasteiger partial charge on any atom is -0.338 e. The standard InChI is InChI=1S/C17H17F2N3O2/c1-12(23)22(11-13-4-3-8-20-10-13)9-7-16(24)21-17-14(18)5-2-6-15(17)19/h2-6,8,10H,7,9,11H2,1H3,(H,21,24). The van der Waals surface area contributed by atoms with E-state index in [0.29, 0.717) is 6.54 Å². The molecule has 2 amide bonds. The van der Waals surface area contributed by atoms with Gasteiger partial charge in [-0.1, -0.05) is 12.1 Å². The number of hydrogen-bond acceptors (Lipinski definition) is 3. The van der Waals surface area contributed by atoms with Crippen LogP contribution in [0.25, 0.3) is 0 Å². The van der Waals surface area contributed by atoms with Gasteiger partial charge in [0.05, 0.1) is 0 Å². The predicted octanol–water partition coefficient (Wildman–Crippen LogP) is 2.74. The molecule has 0 aliphatic heterocycles. The lowest BCUT2D eigenvalue weighted by atomic mass is 10.2. The smallest absolute Gasteiger partial charge is 0.226 e. The van der Waals surface area contributed by atoms with Crippen molar-refractivity contribution in [3.05, 3.63) is 59.9 Å². The van der Waals surface area contributed by atoms with Gasteiger partial charge in [0.15, 0.2) is 0 Å². The quantitative estimate of drug-likeness (QED) is 0.884. The van der Waals surface area contributed by atoms with Gasteiger partial charge in [0, 0.05) is 38.8 Å². The first-order valence-electron chi connectivity index (χ1n) is 7.35. The normalized spacial score (nSPS) is 10.3. The lowest BCUT2D eigenvalue weighted by Crippen LogP contribution is -2.31. The molecule has 24 heavy (non-hydrogen) atoms. The van der Waals surface area contributed by atoms with Gasteiger partial charge in [0.25, 0.3) is 0 Å². The van der Waals surface area contributed by atoms with E-state index in [0.717, 1.165) is 17.7 Å². The van der Waals surface area contributed by atoms with Crippen LogP contribution >= 0.6 is 0 Å². The summed E-state index contributed by atoms with van der Waals surface area (Å²) in [4.78, 5) is 29.0. The van der Waals surface area contributed by atoms with Crippen LogP contribution in [0.2, 0.25) is 0 Å². The zero-order valence-corrected chi connectivity index (χ0v) is 13.1. The van der Waals surface area contributed by atoms with Gasteiger partial charge in [-0.2, -0.15) is 0 Å². The fourth-order valence-electron chi connectivity index (χ4n) is 2.12. The first-order valence-corrected chi connectivity index (χ1v) is 7.35. The number of aromatic nitrogens is 1. The van der Waals surface area contributed by atoms with Crippen LogP contribution in [0, 0.1) is 11.6 Å². The molecule has 5 nitrogen and oxygen atoms in total. The number of amides is 2. The summed E-state index contributed by atoms with van der Waals surface area (Å²) < 4.78 is 27.0. The topological polar surface area (TPSA) is 62.3 Å². The number of benzene rings is 1. The number of nitrogens with zero attached hydrogens (tertiary/aromatic N) is 2. The number of para-hydroxylation sites is 1. The number of nitrogens with one attached hydrogen (secondary N) is 1. The van der Waals surface area contributed by atoms with Crippen LogP contribution in [-0.4, -0.2) is 28.2 Å². The lowest BCUT2D eigenvalue weighted by Gasteiger charge is -2.20. The number of rotatable bonds is 6. The third-order valence-electron chi connectivity index (χ3n) is 3.38. The van der Waals surface area contributed by atoms with Crippen molar-refractivity contribution in [1.82, 2.24) is 9.88 Å². The van der Waals surface area contributed by atoms with Crippen molar-refractivity contribution in [2.75, 3.05) is 11.9 Å². The molecule has 1 N–H and O–H groups in total. The minimum absolute atomic E-state index is 0.0758. The SMILES string of the molecule is CC(=O)N(CCC(=O)Nc1c(F)cccc1F)Cc1cccnc1. The molecule has 0 saturated heterocycles. The van der Waals surface area contributed by atoms with E-state index in [1.165, 1.54) is 17.9 Å². The highest BCUT2D eigenvalue weighted by Gasteiger charge is 2.15. The fourth-order valence-corrected chi connectivity index (χ4v) is 2.12. The van der Waals surface area contributed by atoms with Crippen LogP contribution in [0.3, 0.4) is 0 Å². The van der Waals surface area contributed by atoms with Gasteiger partial charge in [-0.15, -0.1) is 0 Å². The summed E-state index contributed by atoms with van der Waals surface area (Å²) in [6.45, 7) is 1.83. The van der Waals surface area contributed by atoms with Gasteiger partial charge < -0.3 is 10.2 Å². The van der Waals surface area contributed by atoms with E-state index in [2.05, 4.69) is 10.3 Å². The average Bonchev–Trinajstić information content (AvgIpc) is 2.55. The molecule has 0 unspecified atom stereocenters. The Labute approximate surface area is 138 Å². The Bertz CT molecular complexity index is 703. The van der Waals surface area contributed by atoms with Crippen LogP contribution in [0.15, 0.2) is 42.7 Å². The summed E-state index contributed by atoms with van der Waals surface area (Å²) in [6.07, 6.45) is 3.18. The van der Waals surface area contributed by atoms with Crippen molar-refractivity contribution >= 4 is 17.5 Å². The number of pyridine rings is 1. The predicted molar refractivity (Wildman–Crippen MR) is 84.9 cm³/mol. The van der Waals surface area contributed by atoms with Gasteiger partial charge in [-0.25, -0.2) is 8.78 Å². The van der Waals surface area contributed by atoms with E-state index in [9.17, 15) is 18.4 Å². The first-order chi connectivity index (χ1) is 11.5. The second-order valence-corrected chi connectivity index (χ2v) is 5.20. The molecule has 1 aromatic heterocycles. The Morgan fingerprint density at radius 3 is 2.46 bits per heavy atom. The molecular formula is C17H17F2N3O2. The van der Waals surface area contributed by atoms with Gasteiger partial charge in [-0.3, -0.25) is 14.6 Å². The van der Waals surface area contributed by atoms with Gasteiger partial charge in [0.1, 0.15) is 17.3 Å². The summed E-state index contributed by atoms with van der Waals surface area (Å²) in [5.74, 6) is -2.47. The van der Waals surface area contributed by atoms with Crippen molar-refractivity contribution < 1.29 is 18.4 Å². The molecule has 0 aliphatic carbocycles. The third-order valence-corrected chi connectivity index (χ3v) is 3.38. The monoisotopic (exact) mass is 333 g/mol. The lowest BCUT2D eigenvalue weighted by molar-refractivity contribution is -0.129. The van der Waals surface area contributed by atoms with Crippen molar-refractivity contribution in [2.45, 2.75) is 19.9 Å². The Hall–Kier alpha value is -2.83. The highest BCUT2D eigenvalue weighted by molar-refractivity contribution is 5.91. The average molecular weight is 333 g/mol. The highest BCUT2D eigenvalue weighted by Crippen LogP contribution is 2.18. The maximum absolute atomic E-state index is 13.5. The highest BCUT2D eigenvalue weighted by atomic mass is 19.1. The fraction of sp³-hybridized carbons (Fsp3) is 0.235. The van der Waals surface area contributed by atoms with Crippen LogP contribution in [0.4, 0.5) is 14.5 Å². The number of halogens is 2. The molecule has 0 spiro atoms. The second kappa shape index (κ2) is 8.14. The van der Waals surface area contributed by atoms with Crippen molar-refractivity contribution in [3.8, 4) is 0 Å². The second-order valence-electron chi connectivity index (χ2n) is 5.20. The van der Waals surface area contributed by atoms with Crippen molar-refractivity contribution in [3.63, 3.8) is 0 Å². The molecule has 1 heterocycles. The van der Waals surface area contributed by atoms with Gasteiger partial charge >= 0.3 is 0 Å². The largest absolute Gasteiger partial charge is 0.338 e. The van der Waals surface area contributed by atoms with Crippen LogP contribution < -0.4 is 5.32 Å². The van der Waals surface area contributed by atoms with Crippen molar-refractivity contribution in [2.24, 2.45) is 0 Å². The number of carbonyl (C=O) groups excluding carboxylic acids is 2. The van der Waals surface area contributed by atoms with Crippen LogP contribution in [-0.2, 0) is 16.1 Å². The molecule has 2 rings (SSSR count). The van der Waals surface area contributed by atoms with E-state index in [4.69, 9.17) is 0 Å². The first kappa shape index (κ1) is 17.5. The Morgan fingerprint density at radius 1 is 1.17 bits per heavy atom. The molecule has 126 valence electrons. The Balaban J connectivity index is 1.94. The summed E-state index contributed by atoms with van der Waals surface area (Å²) in [7, 11) is 0. The molecule has 0 aliphatic rings. The van der Waals surface area contributed by atoms with E-state index in [1.54, 1.807) is 18.5 Å². The van der Waals surface area contributed by atoms with E-state index in [1.807, 2.05) is 6.07 Å². The van der Waals surface area contributed by atoms with E-state index in [-0.39, 0.29) is 18.9 Å². The molecule has 7 heteroatoms. The molecular weight excluding hydrogens is 316 g/mol. The zero-order chi connectivity index (χ0) is 17.5. The summed E-state index contributed by atoms with van der Waals surface area (Å²) in [5, 5.41) is 2.20. The zero-order valence-electron chi connectivity index (χ0n) is 13.1. The maximum Gasteiger partial charge on any atom is 0.226 e. The number of hydrogen-bond donors (Lipinski definition) is 1. The Kier molecular flexibility index (Phi) is 5.95. The minimum atomic E-state index is -0.845. The molecule has 0 bridgehead atoms. The number of anilines is 1. The van der Waals surface area contributed by atoms with Crippen molar-refractivity contribution in [1.29, 1.82) is 0 Å². The molecule has 0 radical (unpaired) electrons. The van der Waals surface area contributed by atoms with Crippen LogP contribution in [0.5, 0.6) is 0 Å². The molecule has 0 fully saturated rings. The molecule has 2 aromatic rings. The van der Waals surface area contributed by atoms with Crippen LogP contribution in [0.1, 0.15) is 18.9 Å². The molecule has 1 aromatic carbocycles. The van der Waals surface area contributed by atoms with Gasteiger partial charge in [0.2, 0.25) is 11.8 Å². The van der Waals surface area contributed by atoms with E-state index >= 15 is 0 Å². The molecule has 0 atom stereocenters. The third kappa shape index (κ3) is 4.84. The number of carbonyl (C=O) groups is 2.